The van der Waals surface area contributed by atoms with Crippen LogP contribution in [0.4, 0.5) is 4.79 Å². The highest BCUT2D eigenvalue weighted by molar-refractivity contribution is 7.11. The molecule has 0 aliphatic carbocycles. The number of furan rings is 1. The number of carbonyl (C=O) groups excluding carboxylic acids is 1. The molecule has 6 nitrogen and oxygen atoms in total. The van der Waals surface area contributed by atoms with Crippen molar-refractivity contribution in [1.82, 2.24) is 15.6 Å². The van der Waals surface area contributed by atoms with Gasteiger partial charge in [0.25, 0.3) is 0 Å². The van der Waals surface area contributed by atoms with E-state index in [1.807, 2.05) is 20.8 Å². The van der Waals surface area contributed by atoms with Gasteiger partial charge in [0.15, 0.2) is 0 Å². The van der Waals surface area contributed by atoms with Gasteiger partial charge in [-0.05, 0) is 32.9 Å². The van der Waals surface area contributed by atoms with Crippen LogP contribution in [0.2, 0.25) is 0 Å². The van der Waals surface area contributed by atoms with Crippen molar-refractivity contribution < 1.29 is 14.3 Å². The minimum absolute atomic E-state index is 0.181. The number of aryl methyl sites for hydroxylation is 2. The predicted octanol–water partition coefficient (Wildman–Crippen LogP) is 2.66. The summed E-state index contributed by atoms with van der Waals surface area (Å²) in [5, 5.41) is 16.4. The van der Waals surface area contributed by atoms with Crippen molar-refractivity contribution in [1.29, 1.82) is 0 Å². The molecule has 2 amide bonds. The van der Waals surface area contributed by atoms with Gasteiger partial charge in [-0.2, -0.15) is 0 Å². The molecule has 2 unspecified atom stereocenters. The topological polar surface area (TPSA) is 87.4 Å². The van der Waals surface area contributed by atoms with Crippen LogP contribution in [0.5, 0.6) is 0 Å². The van der Waals surface area contributed by atoms with Crippen LogP contribution in [0, 0.1) is 13.8 Å². The Morgan fingerprint density at radius 2 is 2.27 bits per heavy atom. The van der Waals surface area contributed by atoms with Crippen LogP contribution in [0.1, 0.15) is 40.8 Å². The molecular weight excluding hydrogens is 302 g/mol. The van der Waals surface area contributed by atoms with Crippen molar-refractivity contribution in [2.45, 2.75) is 45.9 Å². The second-order valence-corrected chi connectivity index (χ2v) is 6.53. The van der Waals surface area contributed by atoms with Crippen molar-refractivity contribution in [2.75, 3.05) is 0 Å². The highest BCUT2D eigenvalue weighted by Gasteiger charge is 2.16. The van der Waals surface area contributed by atoms with Crippen LogP contribution < -0.4 is 10.6 Å². The number of thiazole rings is 1. The van der Waals surface area contributed by atoms with Crippen LogP contribution in [0.15, 0.2) is 22.8 Å². The molecule has 22 heavy (non-hydrogen) atoms. The minimum Gasteiger partial charge on any atom is -0.467 e. The third kappa shape index (κ3) is 4.57. The van der Waals surface area contributed by atoms with Gasteiger partial charge in [-0.1, -0.05) is 0 Å². The van der Waals surface area contributed by atoms with E-state index in [-0.39, 0.29) is 12.1 Å². The molecule has 2 aromatic heterocycles. The summed E-state index contributed by atoms with van der Waals surface area (Å²) in [4.78, 5) is 17.4. The van der Waals surface area contributed by atoms with E-state index in [2.05, 4.69) is 15.6 Å². The normalized spacial score (nSPS) is 13.6. The van der Waals surface area contributed by atoms with Gasteiger partial charge >= 0.3 is 6.03 Å². The number of amides is 2. The van der Waals surface area contributed by atoms with Crippen molar-refractivity contribution in [3.8, 4) is 0 Å². The summed E-state index contributed by atoms with van der Waals surface area (Å²) in [7, 11) is 0. The molecule has 2 heterocycles. The van der Waals surface area contributed by atoms with Crippen molar-refractivity contribution in [3.05, 3.63) is 39.7 Å². The third-order valence-corrected chi connectivity index (χ3v) is 4.37. The summed E-state index contributed by atoms with van der Waals surface area (Å²) < 4.78 is 5.13. The molecule has 0 spiro atoms. The molecule has 120 valence electrons. The van der Waals surface area contributed by atoms with Gasteiger partial charge in [0.05, 0.1) is 18.5 Å². The summed E-state index contributed by atoms with van der Waals surface area (Å²) in [5.74, 6) is 0.503. The number of rotatable bonds is 6. The van der Waals surface area contributed by atoms with Gasteiger partial charge in [-0.15, -0.1) is 11.3 Å². The summed E-state index contributed by atoms with van der Waals surface area (Å²) in [5.41, 5.74) is 0.997. The first-order valence-corrected chi connectivity index (χ1v) is 7.96. The van der Waals surface area contributed by atoms with Crippen LogP contribution in [0.25, 0.3) is 0 Å². The molecule has 3 N–H and O–H groups in total. The lowest BCUT2D eigenvalue weighted by molar-refractivity contribution is 0.129. The van der Waals surface area contributed by atoms with Crippen molar-refractivity contribution in [2.24, 2.45) is 0 Å². The zero-order valence-corrected chi connectivity index (χ0v) is 13.7. The molecule has 0 radical (unpaired) electrons. The van der Waals surface area contributed by atoms with Crippen LogP contribution in [0.3, 0.4) is 0 Å². The van der Waals surface area contributed by atoms with Crippen LogP contribution in [-0.2, 0) is 6.54 Å². The maximum absolute atomic E-state index is 11.8. The highest BCUT2D eigenvalue weighted by atomic mass is 32.1. The second-order valence-electron chi connectivity index (χ2n) is 5.24. The van der Waals surface area contributed by atoms with Gasteiger partial charge in [-0.25, -0.2) is 9.78 Å². The Balaban J connectivity index is 1.74. The average molecular weight is 323 g/mol. The fraction of sp³-hybridized carbons (Fsp3) is 0.467. The Hall–Kier alpha value is -1.86. The second kappa shape index (κ2) is 7.42. The molecule has 2 rings (SSSR count). The first-order chi connectivity index (χ1) is 10.5. The van der Waals surface area contributed by atoms with E-state index < -0.39 is 6.10 Å². The van der Waals surface area contributed by atoms with Gasteiger partial charge < -0.3 is 20.2 Å². The largest absolute Gasteiger partial charge is 0.467 e. The zero-order chi connectivity index (χ0) is 16.1. The number of aliphatic hydroxyl groups is 1. The smallest absolute Gasteiger partial charge is 0.315 e. The monoisotopic (exact) mass is 323 g/mol. The summed E-state index contributed by atoms with van der Waals surface area (Å²) in [6.07, 6.45) is 1.17. The quantitative estimate of drug-likeness (QED) is 0.762. The SMILES string of the molecule is Cc1nc(CNC(=O)NC(C)CC(O)c2ccco2)sc1C. The van der Waals surface area contributed by atoms with Gasteiger partial charge in [0.2, 0.25) is 0 Å². The lowest BCUT2D eigenvalue weighted by atomic mass is 10.1. The Labute approximate surface area is 133 Å². The van der Waals surface area contributed by atoms with E-state index in [4.69, 9.17) is 4.42 Å². The molecular formula is C15H21N3O3S. The van der Waals surface area contributed by atoms with E-state index in [0.717, 1.165) is 15.6 Å². The van der Waals surface area contributed by atoms with Crippen LogP contribution in [-0.4, -0.2) is 22.2 Å². The van der Waals surface area contributed by atoms with Gasteiger partial charge in [0.1, 0.15) is 16.9 Å². The molecule has 0 aliphatic rings. The lowest BCUT2D eigenvalue weighted by Crippen LogP contribution is -2.41. The number of nitrogens with one attached hydrogen (secondary N) is 2. The van der Waals surface area contributed by atoms with Gasteiger partial charge in [0, 0.05) is 17.3 Å². The fourth-order valence-electron chi connectivity index (χ4n) is 2.04. The molecule has 7 heteroatoms. The van der Waals surface area contributed by atoms with E-state index in [1.54, 1.807) is 23.5 Å². The first kappa shape index (κ1) is 16.5. The van der Waals surface area contributed by atoms with E-state index >= 15 is 0 Å². The summed E-state index contributed by atoms with van der Waals surface area (Å²) >= 11 is 1.58. The van der Waals surface area contributed by atoms with Crippen molar-refractivity contribution >= 4 is 17.4 Å². The summed E-state index contributed by atoms with van der Waals surface area (Å²) in [6, 6.07) is 2.98. The number of nitrogens with zero attached hydrogens (tertiary/aromatic N) is 1. The van der Waals surface area contributed by atoms with Crippen LogP contribution >= 0.6 is 11.3 Å². The van der Waals surface area contributed by atoms with Gasteiger partial charge in [-0.3, -0.25) is 0 Å². The lowest BCUT2D eigenvalue weighted by Gasteiger charge is -2.16. The number of aromatic nitrogens is 1. The zero-order valence-electron chi connectivity index (χ0n) is 12.9. The first-order valence-electron chi connectivity index (χ1n) is 7.14. The predicted molar refractivity (Wildman–Crippen MR) is 84.7 cm³/mol. The van der Waals surface area contributed by atoms with E-state index in [0.29, 0.717) is 18.7 Å². The highest BCUT2D eigenvalue weighted by Crippen LogP contribution is 2.18. The Kier molecular flexibility index (Phi) is 5.57. The minimum atomic E-state index is -0.727. The summed E-state index contributed by atoms with van der Waals surface area (Å²) in [6.45, 7) is 6.20. The standard InChI is InChI=1S/C15H21N3O3S/c1-9(7-12(19)13-5-4-6-21-13)17-15(20)16-8-14-18-10(2)11(3)22-14/h4-6,9,12,19H,7-8H2,1-3H3,(H2,16,17,20). The maximum atomic E-state index is 11.8. The van der Waals surface area contributed by atoms with E-state index in [9.17, 15) is 9.90 Å². The maximum Gasteiger partial charge on any atom is 0.315 e. The average Bonchev–Trinajstić information content (AvgIpc) is 3.07. The molecule has 2 atom stereocenters. The molecule has 0 bridgehead atoms. The molecule has 0 aliphatic heterocycles. The fourth-order valence-corrected chi connectivity index (χ4v) is 2.91. The molecule has 0 saturated carbocycles. The number of carbonyl (C=O) groups is 1. The van der Waals surface area contributed by atoms with Crippen molar-refractivity contribution in [3.63, 3.8) is 0 Å². The third-order valence-electron chi connectivity index (χ3n) is 3.30. The Bertz CT molecular complexity index is 590. The molecule has 0 aromatic carbocycles. The van der Waals surface area contributed by atoms with E-state index in [1.165, 1.54) is 6.26 Å². The number of hydrogen-bond donors (Lipinski definition) is 3. The number of urea groups is 1. The Morgan fingerprint density at radius 3 is 2.86 bits per heavy atom. The molecule has 0 saturated heterocycles. The molecule has 2 aromatic rings. The Morgan fingerprint density at radius 1 is 1.50 bits per heavy atom. The number of aliphatic hydroxyl groups excluding tert-OH is 1. The number of hydrogen-bond acceptors (Lipinski definition) is 5. The molecule has 0 fully saturated rings.